The fourth-order valence-electron chi connectivity index (χ4n) is 1.73. The van der Waals surface area contributed by atoms with Crippen LogP contribution in [0, 0.1) is 5.92 Å². The quantitative estimate of drug-likeness (QED) is 0.384. The van der Waals surface area contributed by atoms with Crippen molar-refractivity contribution in [2.75, 3.05) is 47.9 Å². The number of likely N-dealkylation sites (N-methyl/N-ethyl adjacent to an activating group) is 1. The average Bonchev–Trinajstić information content (AvgIpc) is 2.31. The number of rotatable bonds is 8. The van der Waals surface area contributed by atoms with Crippen molar-refractivity contribution in [2.45, 2.75) is 26.3 Å². The molecule has 0 saturated heterocycles. The highest BCUT2D eigenvalue weighted by atomic mass is 16.5. The topological polar surface area (TPSA) is 48.9 Å². The highest BCUT2D eigenvalue weighted by molar-refractivity contribution is 5.79. The van der Waals surface area contributed by atoms with Gasteiger partial charge in [0.25, 0.3) is 0 Å². The number of aliphatic imine (C=N–C) groups is 1. The molecule has 0 aromatic carbocycles. The van der Waals surface area contributed by atoms with Gasteiger partial charge in [0.15, 0.2) is 5.96 Å². The van der Waals surface area contributed by atoms with E-state index in [1.807, 2.05) is 0 Å². The third-order valence-corrected chi connectivity index (χ3v) is 2.80. The van der Waals surface area contributed by atoms with Gasteiger partial charge in [0, 0.05) is 33.3 Å². The van der Waals surface area contributed by atoms with E-state index in [9.17, 15) is 0 Å². The summed E-state index contributed by atoms with van der Waals surface area (Å²) in [7, 11) is 7.73. The van der Waals surface area contributed by atoms with Crippen LogP contribution in [0.2, 0.25) is 0 Å². The predicted molar refractivity (Wildman–Crippen MR) is 78.2 cm³/mol. The molecule has 108 valence electrons. The predicted octanol–water partition coefficient (Wildman–Crippen LogP) is 0.774. The Morgan fingerprint density at radius 1 is 1.28 bits per heavy atom. The summed E-state index contributed by atoms with van der Waals surface area (Å²) < 4.78 is 5.00. The van der Waals surface area contributed by atoms with E-state index in [2.05, 4.69) is 48.5 Å². The summed E-state index contributed by atoms with van der Waals surface area (Å²) in [4.78, 5) is 6.45. The van der Waals surface area contributed by atoms with Gasteiger partial charge < -0.3 is 20.3 Å². The van der Waals surface area contributed by atoms with Crippen molar-refractivity contribution in [2.24, 2.45) is 10.9 Å². The van der Waals surface area contributed by atoms with E-state index >= 15 is 0 Å². The van der Waals surface area contributed by atoms with Crippen molar-refractivity contribution < 1.29 is 4.74 Å². The number of hydrogen-bond donors (Lipinski definition) is 2. The molecule has 18 heavy (non-hydrogen) atoms. The van der Waals surface area contributed by atoms with Crippen LogP contribution in [0.15, 0.2) is 4.99 Å². The van der Waals surface area contributed by atoms with Crippen molar-refractivity contribution in [3.63, 3.8) is 0 Å². The van der Waals surface area contributed by atoms with Gasteiger partial charge >= 0.3 is 0 Å². The number of nitrogens with zero attached hydrogens (tertiary/aromatic N) is 2. The highest BCUT2D eigenvalue weighted by Crippen LogP contribution is 2.07. The zero-order valence-corrected chi connectivity index (χ0v) is 12.8. The first-order valence-electron chi connectivity index (χ1n) is 6.61. The van der Waals surface area contributed by atoms with Gasteiger partial charge in [-0.05, 0) is 26.4 Å². The lowest BCUT2D eigenvalue weighted by Crippen LogP contribution is -2.46. The van der Waals surface area contributed by atoms with E-state index in [0.717, 1.165) is 19.0 Å². The summed E-state index contributed by atoms with van der Waals surface area (Å²) >= 11 is 0. The third kappa shape index (κ3) is 8.31. The van der Waals surface area contributed by atoms with Crippen LogP contribution in [0.5, 0.6) is 0 Å². The lowest BCUT2D eigenvalue weighted by Gasteiger charge is -2.27. The Balaban J connectivity index is 4.06. The van der Waals surface area contributed by atoms with Crippen LogP contribution in [0.1, 0.15) is 20.3 Å². The summed E-state index contributed by atoms with van der Waals surface area (Å²) in [6.45, 7) is 6.86. The second-order valence-electron chi connectivity index (χ2n) is 5.12. The van der Waals surface area contributed by atoms with Crippen LogP contribution in [0.3, 0.4) is 0 Å². The minimum Gasteiger partial charge on any atom is -0.383 e. The molecular formula is C13H30N4O. The zero-order chi connectivity index (χ0) is 14.0. The molecule has 5 nitrogen and oxygen atoms in total. The van der Waals surface area contributed by atoms with Gasteiger partial charge in [-0.3, -0.25) is 4.99 Å². The van der Waals surface area contributed by atoms with Crippen LogP contribution in [0.4, 0.5) is 0 Å². The Morgan fingerprint density at radius 3 is 2.39 bits per heavy atom. The molecule has 0 aromatic rings. The average molecular weight is 258 g/mol. The molecule has 0 heterocycles. The summed E-state index contributed by atoms with van der Waals surface area (Å²) in [5, 5.41) is 6.57. The molecule has 0 spiro atoms. The molecule has 1 atom stereocenters. The molecular weight excluding hydrogens is 228 g/mol. The van der Waals surface area contributed by atoms with Gasteiger partial charge in [0.05, 0.1) is 6.61 Å². The summed E-state index contributed by atoms with van der Waals surface area (Å²) in [5.41, 5.74) is 0. The summed E-state index contributed by atoms with van der Waals surface area (Å²) in [5.74, 6) is 1.53. The van der Waals surface area contributed by atoms with Crippen LogP contribution in [0.25, 0.3) is 0 Å². The van der Waals surface area contributed by atoms with Gasteiger partial charge in [-0.2, -0.15) is 0 Å². The zero-order valence-electron chi connectivity index (χ0n) is 12.8. The molecule has 1 unspecified atom stereocenters. The maximum atomic E-state index is 5.00. The molecule has 0 aliphatic heterocycles. The van der Waals surface area contributed by atoms with Crippen LogP contribution in [-0.2, 0) is 4.74 Å². The lowest BCUT2D eigenvalue weighted by atomic mass is 10.0. The first-order valence-corrected chi connectivity index (χ1v) is 6.61. The molecule has 0 rings (SSSR count). The van der Waals surface area contributed by atoms with Gasteiger partial charge in [-0.25, -0.2) is 0 Å². The minimum atomic E-state index is 0.519. The maximum absolute atomic E-state index is 5.00. The molecule has 2 N–H and O–H groups in total. The monoisotopic (exact) mass is 258 g/mol. The Kier molecular flexibility index (Phi) is 9.69. The highest BCUT2D eigenvalue weighted by Gasteiger charge is 2.13. The molecule has 0 aliphatic rings. The van der Waals surface area contributed by atoms with Gasteiger partial charge in [0.1, 0.15) is 0 Å². The Bertz CT molecular complexity index is 229. The molecule has 0 aliphatic carbocycles. The van der Waals surface area contributed by atoms with E-state index < -0.39 is 0 Å². The normalized spacial score (nSPS) is 14.1. The smallest absolute Gasteiger partial charge is 0.191 e. The Morgan fingerprint density at radius 2 is 1.94 bits per heavy atom. The third-order valence-electron chi connectivity index (χ3n) is 2.80. The van der Waals surface area contributed by atoms with Gasteiger partial charge in [-0.1, -0.05) is 13.8 Å². The van der Waals surface area contributed by atoms with Gasteiger partial charge in [0.2, 0.25) is 0 Å². The van der Waals surface area contributed by atoms with E-state index in [-0.39, 0.29) is 0 Å². The fourth-order valence-corrected chi connectivity index (χ4v) is 1.73. The number of methoxy groups -OCH3 is 1. The number of hydrogen-bond acceptors (Lipinski definition) is 3. The standard InChI is InChI=1S/C13H30N4O/c1-11(2)9-12(17(4)5)10-16-13(14-3)15-7-8-18-6/h11-12H,7-10H2,1-6H3,(H2,14,15,16). The largest absolute Gasteiger partial charge is 0.383 e. The van der Waals surface area contributed by atoms with Crippen molar-refractivity contribution >= 4 is 5.96 Å². The van der Waals surface area contributed by atoms with Crippen molar-refractivity contribution in [1.82, 2.24) is 15.5 Å². The molecule has 0 fully saturated rings. The number of guanidine groups is 1. The Hall–Kier alpha value is -0.810. The molecule has 0 aromatic heterocycles. The summed E-state index contributed by atoms with van der Waals surface area (Å²) in [6, 6.07) is 0.519. The van der Waals surface area contributed by atoms with Crippen LogP contribution >= 0.6 is 0 Å². The van der Waals surface area contributed by atoms with Crippen LogP contribution < -0.4 is 10.6 Å². The molecule has 0 amide bonds. The number of ether oxygens (including phenoxy) is 1. The minimum absolute atomic E-state index is 0.519. The molecule has 0 saturated carbocycles. The van der Waals surface area contributed by atoms with E-state index in [1.54, 1.807) is 14.2 Å². The molecule has 0 bridgehead atoms. The summed E-state index contributed by atoms with van der Waals surface area (Å²) in [6.07, 6.45) is 1.18. The van der Waals surface area contributed by atoms with E-state index in [1.165, 1.54) is 6.42 Å². The van der Waals surface area contributed by atoms with Crippen molar-refractivity contribution in [3.8, 4) is 0 Å². The number of nitrogens with one attached hydrogen (secondary N) is 2. The second-order valence-corrected chi connectivity index (χ2v) is 5.12. The Labute approximate surface area is 112 Å². The van der Waals surface area contributed by atoms with Crippen LogP contribution in [-0.4, -0.2) is 64.9 Å². The lowest BCUT2D eigenvalue weighted by molar-refractivity contribution is 0.203. The van der Waals surface area contributed by atoms with E-state index in [4.69, 9.17) is 4.74 Å². The van der Waals surface area contributed by atoms with Gasteiger partial charge in [-0.15, -0.1) is 0 Å². The van der Waals surface area contributed by atoms with E-state index in [0.29, 0.717) is 18.6 Å². The van der Waals surface area contributed by atoms with Crippen molar-refractivity contribution in [1.29, 1.82) is 0 Å². The second kappa shape index (κ2) is 10.1. The first-order chi connectivity index (χ1) is 8.51. The molecule has 5 heteroatoms. The van der Waals surface area contributed by atoms with Crippen molar-refractivity contribution in [3.05, 3.63) is 0 Å². The SMILES string of the molecule is CN=C(NCCOC)NCC(CC(C)C)N(C)C. The maximum Gasteiger partial charge on any atom is 0.191 e. The first kappa shape index (κ1) is 17.2. The molecule has 0 radical (unpaired) electrons. The fraction of sp³-hybridized carbons (Fsp3) is 0.923.